The summed E-state index contributed by atoms with van der Waals surface area (Å²) in [5.41, 5.74) is 0.958. The van der Waals surface area contributed by atoms with Crippen LogP contribution >= 0.6 is 0 Å². The molecule has 1 fully saturated rings. The summed E-state index contributed by atoms with van der Waals surface area (Å²) in [6.07, 6.45) is 1.61. The van der Waals surface area contributed by atoms with Gasteiger partial charge in [-0.1, -0.05) is 12.1 Å². The van der Waals surface area contributed by atoms with Crippen molar-refractivity contribution in [2.45, 2.75) is 13.8 Å². The number of imide groups is 1. The third kappa shape index (κ3) is 3.00. The molecule has 0 saturated carbocycles. The first-order chi connectivity index (χ1) is 10.5. The van der Waals surface area contributed by atoms with Gasteiger partial charge in [0.15, 0.2) is 0 Å². The van der Waals surface area contributed by atoms with Crippen molar-refractivity contribution in [3.63, 3.8) is 0 Å². The molecule has 2 rings (SSSR count). The number of piperazine rings is 1. The molecule has 6 nitrogen and oxygen atoms in total. The van der Waals surface area contributed by atoms with Crippen molar-refractivity contribution in [2.75, 3.05) is 20.2 Å². The maximum absolute atomic E-state index is 12.4. The standard InChI is InChI=1S/C16H18N2O4/c1-4-17-14(9-12-5-7-13(22-3)8-6-12)16(21)18(11(2)19)10-15(17)20/h5-9H,4,10H2,1-3H3/b14-9+. The number of hydrogen-bond acceptors (Lipinski definition) is 4. The Bertz CT molecular complexity index is 634. The molecule has 1 saturated heterocycles. The van der Waals surface area contributed by atoms with Crippen LogP contribution in [0.3, 0.4) is 0 Å². The van der Waals surface area contributed by atoms with Gasteiger partial charge in [0.2, 0.25) is 11.8 Å². The quantitative estimate of drug-likeness (QED) is 0.789. The number of likely N-dealkylation sites (N-methyl/N-ethyl adjacent to an activating group) is 1. The van der Waals surface area contributed by atoms with Crippen LogP contribution in [0.25, 0.3) is 6.08 Å². The van der Waals surface area contributed by atoms with E-state index in [9.17, 15) is 14.4 Å². The highest BCUT2D eigenvalue weighted by atomic mass is 16.5. The second kappa shape index (κ2) is 6.43. The largest absolute Gasteiger partial charge is 0.497 e. The Morgan fingerprint density at radius 2 is 1.91 bits per heavy atom. The second-order valence-corrected chi connectivity index (χ2v) is 4.85. The van der Waals surface area contributed by atoms with Gasteiger partial charge in [-0.2, -0.15) is 0 Å². The van der Waals surface area contributed by atoms with Crippen LogP contribution in [0.4, 0.5) is 0 Å². The third-order valence-corrected chi connectivity index (χ3v) is 3.47. The van der Waals surface area contributed by atoms with Crippen molar-refractivity contribution in [3.8, 4) is 5.75 Å². The molecule has 1 aliphatic heterocycles. The zero-order chi connectivity index (χ0) is 16.3. The number of nitrogens with zero attached hydrogens (tertiary/aromatic N) is 2. The molecule has 0 atom stereocenters. The van der Waals surface area contributed by atoms with Gasteiger partial charge in [0, 0.05) is 13.5 Å². The number of methoxy groups -OCH3 is 1. The van der Waals surface area contributed by atoms with Crippen molar-refractivity contribution >= 4 is 23.8 Å². The van der Waals surface area contributed by atoms with Gasteiger partial charge < -0.3 is 9.64 Å². The smallest absolute Gasteiger partial charge is 0.277 e. The highest BCUT2D eigenvalue weighted by Crippen LogP contribution is 2.21. The molecule has 6 heteroatoms. The van der Waals surface area contributed by atoms with E-state index in [2.05, 4.69) is 0 Å². The minimum atomic E-state index is -0.454. The van der Waals surface area contributed by atoms with Gasteiger partial charge in [-0.15, -0.1) is 0 Å². The fourth-order valence-electron chi connectivity index (χ4n) is 2.28. The van der Waals surface area contributed by atoms with E-state index in [0.29, 0.717) is 12.3 Å². The van der Waals surface area contributed by atoms with E-state index < -0.39 is 11.8 Å². The van der Waals surface area contributed by atoms with E-state index in [1.165, 1.54) is 11.8 Å². The molecule has 0 unspecified atom stereocenters. The molecular weight excluding hydrogens is 284 g/mol. The predicted molar refractivity (Wildman–Crippen MR) is 80.8 cm³/mol. The van der Waals surface area contributed by atoms with Crippen LogP contribution < -0.4 is 4.74 Å². The van der Waals surface area contributed by atoms with Crippen LogP contribution in [0.15, 0.2) is 30.0 Å². The molecule has 0 aliphatic carbocycles. The first-order valence-corrected chi connectivity index (χ1v) is 6.96. The zero-order valence-electron chi connectivity index (χ0n) is 12.8. The summed E-state index contributed by atoms with van der Waals surface area (Å²) in [6, 6.07) is 7.09. The molecule has 22 heavy (non-hydrogen) atoms. The van der Waals surface area contributed by atoms with Crippen LogP contribution in [0.1, 0.15) is 19.4 Å². The lowest BCUT2D eigenvalue weighted by Crippen LogP contribution is -2.53. The predicted octanol–water partition coefficient (Wildman–Crippen LogP) is 1.27. The summed E-state index contributed by atoms with van der Waals surface area (Å²) >= 11 is 0. The van der Waals surface area contributed by atoms with Gasteiger partial charge in [-0.3, -0.25) is 19.3 Å². The van der Waals surface area contributed by atoms with E-state index in [-0.39, 0.29) is 18.1 Å². The Labute approximate surface area is 129 Å². The van der Waals surface area contributed by atoms with Gasteiger partial charge in [-0.05, 0) is 30.7 Å². The maximum atomic E-state index is 12.4. The Hall–Kier alpha value is -2.63. The van der Waals surface area contributed by atoms with Crippen molar-refractivity contribution in [1.82, 2.24) is 9.80 Å². The number of hydrogen-bond donors (Lipinski definition) is 0. The van der Waals surface area contributed by atoms with E-state index in [1.807, 2.05) is 0 Å². The average Bonchev–Trinajstić information content (AvgIpc) is 2.51. The highest BCUT2D eigenvalue weighted by molar-refractivity contribution is 6.12. The lowest BCUT2D eigenvalue weighted by molar-refractivity contribution is -0.152. The molecule has 0 N–H and O–H groups in total. The topological polar surface area (TPSA) is 66.9 Å². The molecule has 0 bridgehead atoms. The summed E-state index contributed by atoms with van der Waals surface area (Å²) in [4.78, 5) is 38.4. The first-order valence-electron chi connectivity index (χ1n) is 6.96. The van der Waals surface area contributed by atoms with Gasteiger partial charge >= 0.3 is 0 Å². The molecule has 1 aromatic carbocycles. The van der Waals surface area contributed by atoms with Crippen molar-refractivity contribution < 1.29 is 19.1 Å². The van der Waals surface area contributed by atoms with Gasteiger partial charge in [-0.25, -0.2) is 0 Å². The molecule has 1 aliphatic rings. The van der Waals surface area contributed by atoms with Crippen LogP contribution in [-0.4, -0.2) is 47.7 Å². The van der Waals surface area contributed by atoms with Crippen LogP contribution in [-0.2, 0) is 14.4 Å². The van der Waals surface area contributed by atoms with Crippen LogP contribution in [0, 0.1) is 0 Å². The van der Waals surface area contributed by atoms with Crippen molar-refractivity contribution in [2.24, 2.45) is 0 Å². The lowest BCUT2D eigenvalue weighted by Gasteiger charge is -2.33. The van der Waals surface area contributed by atoms with Gasteiger partial charge in [0.1, 0.15) is 18.0 Å². The zero-order valence-corrected chi connectivity index (χ0v) is 12.8. The normalized spacial score (nSPS) is 17.1. The van der Waals surface area contributed by atoms with E-state index >= 15 is 0 Å². The minimum Gasteiger partial charge on any atom is -0.497 e. The van der Waals surface area contributed by atoms with E-state index in [1.54, 1.807) is 44.4 Å². The monoisotopic (exact) mass is 302 g/mol. The SMILES string of the molecule is CCN1C(=O)CN(C(C)=O)C(=O)/C1=C\c1ccc(OC)cc1. The molecule has 0 aromatic heterocycles. The summed E-state index contributed by atoms with van der Waals surface area (Å²) in [7, 11) is 1.57. The van der Waals surface area contributed by atoms with Crippen LogP contribution in [0.5, 0.6) is 5.75 Å². The Morgan fingerprint density at radius 1 is 1.27 bits per heavy atom. The number of ether oxygens (including phenoxy) is 1. The van der Waals surface area contributed by atoms with E-state index in [4.69, 9.17) is 4.74 Å². The molecule has 3 amide bonds. The Balaban J connectivity index is 2.41. The molecule has 0 radical (unpaired) electrons. The fraction of sp³-hybridized carbons (Fsp3) is 0.312. The summed E-state index contributed by atoms with van der Waals surface area (Å²) in [6.45, 7) is 3.23. The second-order valence-electron chi connectivity index (χ2n) is 4.85. The summed E-state index contributed by atoms with van der Waals surface area (Å²) in [5, 5.41) is 0. The molecule has 1 heterocycles. The average molecular weight is 302 g/mol. The maximum Gasteiger partial charge on any atom is 0.277 e. The number of benzene rings is 1. The number of carbonyl (C=O) groups excluding carboxylic acids is 3. The molecular formula is C16H18N2O4. The molecule has 0 spiro atoms. The Morgan fingerprint density at radius 3 is 2.41 bits per heavy atom. The highest BCUT2D eigenvalue weighted by Gasteiger charge is 2.35. The summed E-state index contributed by atoms with van der Waals surface area (Å²) in [5.74, 6) is -0.456. The Kier molecular flexibility index (Phi) is 4.60. The minimum absolute atomic E-state index is 0.206. The van der Waals surface area contributed by atoms with E-state index in [0.717, 1.165) is 10.5 Å². The van der Waals surface area contributed by atoms with Gasteiger partial charge in [0.05, 0.1) is 7.11 Å². The fourth-order valence-corrected chi connectivity index (χ4v) is 2.28. The lowest BCUT2D eigenvalue weighted by atomic mass is 10.1. The van der Waals surface area contributed by atoms with Crippen LogP contribution in [0.2, 0.25) is 0 Å². The van der Waals surface area contributed by atoms with Crippen molar-refractivity contribution in [1.29, 1.82) is 0 Å². The first kappa shape index (κ1) is 15.8. The summed E-state index contributed by atoms with van der Waals surface area (Å²) < 4.78 is 5.08. The third-order valence-electron chi connectivity index (χ3n) is 3.47. The van der Waals surface area contributed by atoms with Gasteiger partial charge in [0.25, 0.3) is 5.91 Å². The molecule has 116 valence electrons. The number of carbonyl (C=O) groups is 3. The molecule has 1 aromatic rings. The number of rotatable bonds is 3. The van der Waals surface area contributed by atoms with Crippen molar-refractivity contribution in [3.05, 3.63) is 35.5 Å². The number of amides is 3.